The molecule has 1 aromatic rings. The number of benzene rings is 1. The first-order valence-corrected chi connectivity index (χ1v) is 6.25. The zero-order valence-electron chi connectivity index (χ0n) is 8.92. The molecule has 4 nitrogen and oxygen atoms in total. The van der Waals surface area contributed by atoms with Gasteiger partial charge in [-0.1, -0.05) is 30.3 Å². The highest BCUT2D eigenvalue weighted by atomic mass is 32.2. The fourth-order valence-corrected chi connectivity index (χ4v) is 2.25. The molecule has 0 radical (unpaired) electrons. The van der Waals surface area contributed by atoms with Crippen LogP contribution in [0.4, 0.5) is 0 Å². The molecular weight excluding hydrogens is 212 g/mol. The quantitative estimate of drug-likeness (QED) is 0.838. The summed E-state index contributed by atoms with van der Waals surface area (Å²) in [6.45, 7) is 3.91. The molecule has 1 rings (SSSR count). The molecule has 0 saturated heterocycles. The summed E-state index contributed by atoms with van der Waals surface area (Å²) in [4.78, 5) is 0. The summed E-state index contributed by atoms with van der Waals surface area (Å²) in [6.07, 6.45) is 0. The van der Waals surface area contributed by atoms with Crippen LogP contribution < -0.4 is 5.14 Å². The summed E-state index contributed by atoms with van der Waals surface area (Å²) in [5.41, 5.74) is 0.931. The number of rotatable bonds is 4. The summed E-state index contributed by atoms with van der Waals surface area (Å²) in [6, 6.07) is 9.25. The number of nitrogens with zero attached hydrogens (tertiary/aromatic N) is 1. The summed E-state index contributed by atoms with van der Waals surface area (Å²) in [7, 11) is -3.63. The normalized spacial score (nSPS) is 12.3. The maximum atomic E-state index is 11.3. The van der Waals surface area contributed by atoms with Crippen molar-refractivity contribution >= 4 is 10.2 Å². The van der Waals surface area contributed by atoms with Crippen molar-refractivity contribution < 1.29 is 8.42 Å². The van der Waals surface area contributed by atoms with Crippen molar-refractivity contribution in [3.8, 4) is 0 Å². The lowest BCUT2D eigenvalue weighted by Crippen LogP contribution is -2.40. The van der Waals surface area contributed by atoms with E-state index < -0.39 is 10.2 Å². The largest absolute Gasteiger partial charge is 0.277 e. The van der Waals surface area contributed by atoms with E-state index in [-0.39, 0.29) is 6.04 Å². The van der Waals surface area contributed by atoms with Gasteiger partial charge in [0.15, 0.2) is 0 Å². The van der Waals surface area contributed by atoms with Crippen LogP contribution in [-0.2, 0) is 16.8 Å². The predicted molar refractivity (Wildman–Crippen MR) is 60.2 cm³/mol. The monoisotopic (exact) mass is 228 g/mol. The average molecular weight is 228 g/mol. The van der Waals surface area contributed by atoms with Gasteiger partial charge in [-0.25, -0.2) is 5.14 Å². The molecule has 0 atom stereocenters. The zero-order chi connectivity index (χ0) is 11.5. The van der Waals surface area contributed by atoms with E-state index in [9.17, 15) is 8.42 Å². The molecular formula is C10H16N2O2S. The van der Waals surface area contributed by atoms with Gasteiger partial charge >= 0.3 is 0 Å². The Kier molecular flexibility index (Phi) is 3.84. The molecule has 0 fully saturated rings. The van der Waals surface area contributed by atoms with Crippen LogP contribution in [0.2, 0.25) is 0 Å². The van der Waals surface area contributed by atoms with Gasteiger partial charge in [0.1, 0.15) is 0 Å². The summed E-state index contributed by atoms with van der Waals surface area (Å²) in [5, 5.41) is 5.13. The first-order valence-electron chi connectivity index (χ1n) is 4.74. The van der Waals surface area contributed by atoms with E-state index in [4.69, 9.17) is 5.14 Å². The first-order chi connectivity index (χ1) is 6.91. The maximum absolute atomic E-state index is 11.3. The Morgan fingerprint density at radius 3 is 2.20 bits per heavy atom. The van der Waals surface area contributed by atoms with Crippen molar-refractivity contribution in [2.45, 2.75) is 26.4 Å². The third kappa shape index (κ3) is 3.62. The highest BCUT2D eigenvalue weighted by Crippen LogP contribution is 2.10. The minimum atomic E-state index is -3.63. The molecule has 0 aliphatic heterocycles. The highest BCUT2D eigenvalue weighted by Gasteiger charge is 2.20. The third-order valence-corrected chi connectivity index (χ3v) is 3.29. The van der Waals surface area contributed by atoms with E-state index in [1.165, 1.54) is 4.31 Å². The van der Waals surface area contributed by atoms with Gasteiger partial charge < -0.3 is 0 Å². The van der Waals surface area contributed by atoms with Crippen LogP contribution in [0.15, 0.2) is 30.3 Å². The molecule has 1 aromatic carbocycles. The molecule has 0 spiro atoms. The van der Waals surface area contributed by atoms with Crippen molar-refractivity contribution in [1.29, 1.82) is 0 Å². The number of hydrogen-bond donors (Lipinski definition) is 1. The molecule has 0 aliphatic rings. The smallest absolute Gasteiger partial charge is 0.216 e. The fourth-order valence-electron chi connectivity index (χ4n) is 1.33. The topological polar surface area (TPSA) is 63.4 Å². The zero-order valence-corrected chi connectivity index (χ0v) is 9.74. The Morgan fingerprint density at radius 1 is 1.27 bits per heavy atom. The fraction of sp³-hybridized carbons (Fsp3) is 0.400. The van der Waals surface area contributed by atoms with E-state index in [1.54, 1.807) is 13.8 Å². The van der Waals surface area contributed by atoms with Gasteiger partial charge in [0.05, 0.1) is 0 Å². The third-order valence-electron chi connectivity index (χ3n) is 2.08. The van der Waals surface area contributed by atoms with E-state index in [0.29, 0.717) is 6.54 Å². The molecule has 15 heavy (non-hydrogen) atoms. The molecule has 0 aromatic heterocycles. The van der Waals surface area contributed by atoms with Crippen LogP contribution in [0.5, 0.6) is 0 Å². The Labute approximate surface area is 90.9 Å². The predicted octanol–water partition coefficient (Wildman–Crippen LogP) is 1.10. The molecule has 0 saturated carbocycles. The second-order valence-electron chi connectivity index (χ2n) is 3.67. The van der Waals surface area contributed by atoms with Crippen molar-refractivity contribution in [2.75, 3.05) is 0 Å². The minimum Gasteiger partial charge on any atom is -0.216 e. The Morgan fingerprint density at radius 2 is 1.80 bits per heavy atom. The molecule has 0 bridgehead atoms. The summed E-state index contributed by atoms with van der Waals surface area (Å²) < 4.78 is 23.8. The van der Waals surface area contributed by atoms with Crippen LogP contribution >= 0.6 is 0 Å². The van der Waals surface area contributed by atoms with Crippen LogP contribution in [0.25, 0.3) is 0 Å². The van der Waals surface area contributed by atoms with Gasteiger partial charge in [0.2, 0.25) is 0 Å². The first kappa shape index (κ1) is 12.2. The van der Waals surface area contributed by atoms with E-state index in [0.717, 1.165) is 5.56 Å². The molecule has 2 N–H and O–H groups in total. The average Bonchev–Trinajstić information content (AvgIpc) is 2.13. The second-order valence-corrected chi connectivity index (χ2v) is 5.17. The summed E-state index contributed by atoms with van der Waals surface area (Å²) in [5.74, 6) is 0. The van der Waals surface area contributed by atoms with Crippen molar-refractivity contribution in [3.05, 3.63) is 35.9 Å². The number of hydrogen-bond acceptors (Lipinski definition) is 2. The van der Waals surface area contributed by atoms with Gasteiger partial charge in [-0.15, -0.1) is 0 Å². The van der Waals surface area contributed by atoms with Crippen LogP contribution in [0, 0.1) is 0 Å². The molecule has 0 aliphatic carbocycles. The van der Waals surface area contributed by atoms with Crippen LogP contribution in [0.3, 0.4) is 0 Å². The van der Waals surface area contributed by atoms with E-state index in [2.05, 4.69) is 0 Å². The van der Waals surface area contributed by atoms with Crippen LogP contribution in [-0.4, -0.2) is 18.8 Å². The highest BCUT2D eigenvalue weighted by molar-refractivity contribution is 7.86. The number of nitrogens with two attached hydrogens (primary N) is 1. The molecule has 0 heterocycles. The SMILES string of the molecule is CC(C)N(Cc1ccccc1)S(N)(=O)=O. The van der Waals surface area contributed by atoms with E-state index in [1.807, 2.05) is 30.3 Å². The van der Waals surface area contributed by atoms with Gasteiger partial charge in [0, 0.05) is 12.6 Å². The molecule has 0 amide bonds. The Bertz CT molecular complexity index is 401. The minimum absolute atomic E-state index is 0.139. The lowest BCUT2D eigenvalue weighted by molar-refractivity contribution is 0.348. The standard InChI is InChI=1S/C10H16N2O2S/c1-9(2)12(15(11,13)14)8-10-6-4-3-5-7-10/h3-7,9H,8H2,1-2H3,(H2,11,13,14). The lowest BCUT2D eigenvalue weighted by atomic mass is 10.2. The molecule has 0 unspecified atom stereocenters. The van der Waals surface area contributed by atoms with Gasteiger partial charge in [-0.3, -0.25) is 0 Å². The van der Waals surface area contributed by atoms with Gasteiger partial charge in [-0.2, -0.15) is 12.7 Å². The Hall–Kier alpha value is -0.910. The second kappa shape index (κ2) is 4.74. The maximum Gasteiger partial charge on any atom is 0.277 e. The van der Waals surface area contributed by atoms with Crippen LogP contribution in [0.1, 0.15) is 19.4 Å². The summed E-state index contributed by atoms with van der Waals surface area (Å²) >= 11 is 0. The van der Waals surface area contributed by atoms with Crippen molar-refractivity contribution in [3.63, 3.8) is 0 Å². The molecule has 5 heteroatoms. The van der Waals surface area contributed by atoms with Crippen molar-refractivity contribution in [1.82, 2.24) is 4.31 Å². The van der Waals surface area contributed by atoms with Crippen molar-refractivity contribution in [2.24, 2.45) is 5.14 Å². The lowest BCUT2D eigenvalue weighted by Gasteiger charge is -2.23. The Balaban J connectivity index is 2.87. The van der Waals surface area contributed by atoms with Gasteiger partial charge in [-0.05, 0) is 19.4 Å². The van der Waals surface area contributed by atoms with E-state index >= 15 is 0 Å². The van der Waals surface area contributed by atoms with Gasteiger partial charge in [0.25, 0.3) is 10.2 Å². The molecule has 84 valence electrons.